The number of ether oxygens (including phenoxy) is 1. The van der Waals surface area contributed by atoms with Crippen LogP contribution in [0.25, 0.3) is 0 Å². The smallest absolute Gasteiger partial charge is 0.234 e. The Labute approximate surface area is 110 Å². The molecule has 0 aliphatic carbocycles. The molecule has 3 N–H and O–H groups in total. The number of benzene rings is 1. The maximum Gasteiger partial charge on any atom is 0.234 e. The first-order valence-electron chi connectivity index (χ1n) is 4.94. The molecule has 5 nitrogen and oxygen atoms in total. The lowest BCUT2D eigenvalue weighted by Crippen LogP contribution is -2.20. The average molecular weight is 292 g/mol. The Morgan fingerprint density at radius 2 is 2.22 bits per heavy atom. The summed E-state index contributed by atoms with van der Waals surface area (Å²) in [4.78, 5) is -0.134. The van der Waals surface area contributed by atoms with E-state index in [-0.39, 0.29) is 28.6 Å². The van der Waals surface area contributed by atoms with E-state index in [0.717, 1.165) is 6.07 Å². The quantitative estimate of drug-likeness (QED) is 0.760. The summed E-state index contributed by atoms with van der Waals surface area (Å²) in [7, 11) is -2.13. The van der Waals surface area contributed by atoms with E-state index >= 15 is 0 Å². The molecule has 0 saturated heterocycles. The van der Waals surface area contributed by atoms with Gasteiger partial charge in [0.15, 0.2) is 0 Å². The number of halogens is 1. The molecule has 1 aromatic carbocycles. The second-order valence-corrected chi connectivity index (χ2v) is 5.75. The minimum absolute atomic E-state index is 0.00283. The van der Waals surface area contributed by atoms with Gasteiger partial charge in [0.2, 0.25) is 10.0 Å². The molecule has 8 heteroatoms. The Bertz CT molecular complexity index is 546. The first kappa shape index (κ1) is 14.8. The van der Waals surface area contributed by atoms with Gasteiger partial charge < -0.3 is 10.5 Å². The van der Waals surface area contributed by atoms with Gasteiger partial charge in [-0.1, -0.05) is 12.2 Å². The summed E-state index contributed by atoms with van der Waals surface area (Å²) in [5, 5.41) is 0. The number of rotatable bonds is 6. The van der Waals surface area contributed by atoms with Crippen LogP contribution in [0.3, 0.4) is 0 Å². The van der Waals surface area contributed by atoms with Crippen molar-refractivity contribution in [2.75, 3.05) is 24.2 Å². The fourth-order valence-corrected chi connectivity index (χ4v) is 2.33. The van der Waals surface area contributed by atoms with Gasteiger partial charge in [0.25, 0.3) is 0 Å². The average Bonchev–Trinajstić information content (AvgIpc) is 2.28. The van der Waals surface area contributed by atoms with Crippen molar-refractivity contribution in [2.45, 2.75) is 0 Å². The lowest BCUT2D eigenvalue weighted by Gasteiger charge is -2.09. The van der Waals surface area contributed by atoms with Crippen LogP contribution in [0.15, 0.2) is 18.2 Å². The van der Waals surface area contributed by atoms with E-state index in [0.29, 0.717) is 0 Å². The Hall–Kier alpha value is -1.25. The van der Waals surface area contributed by atoms with Crippen LogP contribution in [0.5, 0.6) is 0 Å². The normalized spacial score (nSPS) is 11.2. The summed E-state index contributed by atoms with van der Waals surface area (Å²) < 4.78 is 43.4. The molecule has 0 aromatic heterocycles. The molecule has 0 bridgehead atoms. The predicted molar refractivity (Wildman–Crippen MR) is 71.6 cm³/mol. The molecule has 0 aliphatic heterocycles. The molecule has 1 rings (SSSR count). The van der Waals surface area contributed by atoms with Gasteiger partial charge in [0.1, 0.15) is 10.8 Å². The maximum absolute atomic E-state index is 13.3. The SMILES string of the molecule is COCCS(=O)(=O)Nc1ccc(F)c(C(N)=S)c1. The molecule has 0 spiro atoms. The van der Waals surface area contributed by atoms with Crippen LogP contribution < -0.4 is 10.5 Å². The Kier molecular flexibility index (Phi) is 5.00. The fourth-order valence-electron chi connectivity index (χ4n) is 1.20. The van der Waals surface area contributed by atoms with Gasteiger partial charge >= 0.3 is 0 Å². The van der Waals surface area contributed by atoms with Crippen molar-refractivity contribution in [3.05, 3.63) is 29.6 Å². The van der Waals surface area contributed by atoms with Gasteiger partial charge in [-0.2, -0.15) is 0 Å². The highest BCUT2D eigenvalue weighted by Gasteiger charge is 2.12. The van der Waals surface area contributed by atoms with Crippen molar-refractivity contribution in [3.8, 4) is 0 Å². The van der Waals surface area contributed by atoms with Crippen LogP contribution in [0.1, 0.15) is 5.56 Å². The topological polar surface area (TPSA) is 81.4 Å². The standard InChI is InChI=1S/C10H13FN2O3S2/c1-16-4-5-18(14,15)13-7-2-3-9(11)8(6-7)10(12)17/h2-3,6,13H,4-5H2,1H3,(H2,12,17). The number of thiocarbonyl (C=S) groups is 1. The van der Waals surface area contributed by atoms with Crippen LogP contribution in [0.2, 0.25) is 0 Å². The molecule has 0 saturated carbocycles. The molecule has 100 valence electrons. The van der Waals surface area contributed by atoms with E-state index < -0.39 is 15.8 Å². The van der Waals surface area contributed by atoms with Crippen molar-refractivity contribution in [1.82, 2.24) is 0 Å². The number of anilines is 1. The maximum atomic E-state index is 13.3. The van der Waals surface area contributed by atoms with Gasteiger partial charge in [-0.15, -0.1) is 0 Å². The van der Waals surface area contributed by atoms with Gasteiger partial charge in [-0.3, -0.25) is 4.72 Å². The number of methoxy groups -OCH3 is 1. The van der Waals surface area contributed by atoms with Crippen molar-refractivity contribution < 1.29 is 17.5 Å². The van der Waals surface area contributed by atoms with E-state index in [1.54, 1.807) is 0 Å². The van der Waals surface area contributed by atoms with Crippen LogP contribution in [-0.2, 0) is 14.8 Å². The van der Waals surface area contributed by atoms with Crippen LogP contribution >= 0.6 is 12.2 Å². The summed E-state index contributed by atoms with van der Waals surface area (Å²) in [5.41, 5.74) is 5.52. The molecular formula is C10H13FN2O3S2. The molecule has 0 heterocycles. The first-order valence-corrected chi connectivity index (χ1v) is 7.00. The highest BCUT2D eigenvalue weighted by molar-refractivity contribution is 7.92. The number of nitrogens with two attached hydrogens (primary N) is 1. The number of hydrogen-bond donors (Lipinski definition) is 2. The summed E-state index contributed by atoms with van der Waals surface area (Å²) in [6, 6.07) is 3.64. The zero-order valence-electron chi connectivity index (χ0n) is 9.64. The number of sulfonamides is 1. The Morgan fingerprint density at radius 3 is 2.78 bits per heavy atom. The van der Waals surface area contributed by atoms with E-state index in [2.05, 4.69) is 21.7 Å². The predicted octanol–water partition coefficient (Wildman–Crippen LogP) is 0.848. The van der Waals surface area contributed by atoms with Gasteiger partial charge in [0.05, 0.1) is 12.4 Å². The van der Waals surface area contributed by atoms with Gasteiger partial charge in [-0.05, 0) is 18.2 Å². The zero-order chi connectivity index (χ0) is 13.8. The molecule has 0 unspecified atom stereocenters. The lowest BCUT2D eigenvalue weighted by atomic mass is 10.2. The van der Waals surface area contributed by atoms with E-state index in [4.69, 9.17) is 5.73 Å². The van der Waals surface area contributed by atoms with Crippen molar-refractivity contribution >= 4 is 32.9 Å². The summed E-state index contributed by atoms with van der Waals surface area (Å²) in [5.74, 6) is -0.786. The third-order valence-electron chi connectivity index (χ3n) is 2.06. The minimum atomic E-state index is -3.53. The highest BCUT2D eigenvalue weighted by atomic mass is 32.2. The minimum Gasteiger partial charge on any atom is -0.389 e. The molecule has 1 aromatic rings. The summed E-state index contributed by atoms with van der Waals surface area (Å²) >= 11 is 4.66. The number of nitrogens with one attached hydrogen (secondary N) is 1. The highest BCUT2D eigenvalue weighted by Crippen LogP contribution is 2.16. The lowest BCUT2D eigenvalue weighted by molar-refractivity contribution is 0.217. The van der Waals surface area contributed by atoms with Crippen molar-refractivity contribution in [2.24, 2.45) is 5.73 Å². The number of hydrogen-bond acceptors (Lipinski definition) is 4. The summed E-state index contributed by atoms with van der Waals surface area (Å²) in [6.45, 7) is 0.0681. The van der Waals surface area contributed by atoms with E-state index in [9.17, 15) is 12.8 Å². The van der Waals surface area contributed by atoms with Gasteiger partial charge in [-0.25, -0.2) is 12.8 Å². The van der Waals surface area contributed by atoms with Crippen LogP contribution in [-0.4, -0.2) is 32.9 Å². The Balaban J connectivity index is 2.92. The van der Waals surface area contributed by atoms with E-state index in [1.165, 1.54) is 19.2 Å². The summed E-state index contributed by atoms with van der Waals surface area (Å²) in [6.07, 6.45) is 0. The zero-order valence-corrected chi connectivity index (χ0v) is 11.3. The molecular weight excluding hydrogens is 279 g/mol. The van der Waals surface area contributed by atoms with Crippen LogP contribution in [0, 0.1) is 5.82 Å². The monoisotopic (exact) mass is 292 g/mol. The molecule has 0 radical (unpaired) electrons. The fraction of sp³-hybridized carbons (Fsp3) is 0.300. The third-order valence-corrected chi connectivity index (χ3v) is 3.53. The van der Waals surface area contributed by atoms with Crippen molar-refractivity contribution in [1.29, 1.82) is 0 Å². The Morgan fingerprint density at radius 1 is 1.56 bits per heavy atom. The van der Waals surface area contributed by atoms with Gasteiger partial charge in [0, 0.05) is 18.4 Å². The largest absolute Gasteiger partial charge is 0.389 e. The molecule has 0 fully saturated rings. The third kappa shape index (κ3) is 4.21. The first-order chi connectivity index (χ1) is 8.35. The molecule has 0 atom stereocenters. The van der Waals surface area contributed by atoms with Crippen LogP contribution in [0.4, 0.5) is 10.1 Å². The second kappa shape index (κ2) is 6.07. The molecule has 18 heavy (non-hydrogen) atoms. The molecule has 0 aliphatic rings. The van der Waals surface area contributed by atoms with Crippen molar-refractivity contribution in [3.63, 3.8) is 0 Å². The molecule has 0 amide bonds. The van der Waals surface area contributed by atoms with E-state index in [1.807, 2.05) is 0 Å². The second-order valence-electron chi connectivity index (χ2n) is 3.47.